The Hall–Kier alpha value is -2.41. The summed E-state index contributed by atoms with van der Waals surface area (Å²) >= 11 is 6.12. The monoisotopic (exact) mass is 375 g/mol. The highest BCUT2D eigenvalue weighted by Crippen LogP contribution is 2.20. The van der Waals surface area contributed by atoms with Crippen LogP contribution in [0.1, 0.15) is 23.5 Å². The molecule has 0 bridgehead atoms. The van der Waals surface area contributed by atoms with Crippen LogP contribution in [0, 0.1) is 19.8 Å². The number of aromatic nitrogens is 3. The second-order valence-electron chi connectivity index (χ2n) is 6.50. The normalized spacial score (nSPS) is 17.0. The summed E-state index contributed by atoms with van der Waals surface area (Å²) in [5.41, 5.74) is 2.49. The molecule has 0 spiro atoms. The van der Waals surface area contributed by atoms with Gasteiger partial charge in [-0.1, -0.05) is 17.7 Å². The Balaban J connectivity index is 1.49. The van der Waals surface area contributed by atoms with Crippen molar-refractivity contribution in [2.75, 3.05) is 13.1 Å². The fraction of sp³-hybridized carbons (Fsp3) is 0.444. The zero-order chi connectivity index (χ0) is 18.7. The zero-order valence-electron chi connectivity index (χ0n) is 14.9. The van der Waals surface area contributed by atoms with Gasteiger partial charge in [-0.3, -0.25) is 19.3 Å². The topological polar surface area (TPSA) is 80.1 Å². The predicted molar refractivity (Wildman–Crippen MR) is 97.5 cm³/mol. The average Bonchev–Trinajstić information content (AvgIpc) is 3.11. The van der Waals surface area contributed by atoms with Crippen molar-refractivity contribution in [1.29, 1.82) is 0 Å². The smallest absolute Gasteiger partial charge is 0.225 e. The molecule has 1 N–H and O–H groups in total. The molecule has 1 unspecified atom stereocenters. The van der Waals surface area contributed by atoms with Crippen LogP contribution in [0.4, 0.5) is 0 Å². The summed E-state index contributed by atoms with van der Waals surface area (Å²) in [4.78, 5) is 30.5. The maximum atomic E-state index is 12.4. The Morgan fingerprint density at radius 3 is 2.85 bits per heavy atom. The molecule has 0 saturated carbocycles. The van der Waals surface area contributed by atoms with Crippen LogP contribution in [0.5, 0.6) is 0 Å². The SMILES string of the molecule is Cc1nn(CCNC(=O)C2CC(=O)N(Cc3ccccn3)C2)c(C)c1Cl. The molecule has 7 nitrogen and oxygen atoms in total. The third-order valence-corrected chi connectivity index (χ3v) is 5.13. The first-order valence-electron chi connectivity index (χ1n) is 8.60. The van der Waals surface area contributed by atoms with E-state index < -0.39 is 0 Å². The third kappa shape index (κ3) is 4.04. The number of aryl methyl sites for hydroxylation is 1. The Kier molecular flexibility index (Phi) is 5.56. The number of carbonyl (C=O) groups excluding carboxylic acids is 2. The van der Waals surface area contributed by atoms with Crippen molar-refractivity contribution in [3.05, 3.63) is 46.5 Å². The molecule has 2 aromatic heterocycles. The zero-order valence-corrected chi connectivity index (χ0v) is 15.7. The van der Waals surface area contributed by atoms with Crippen LogP contribution >= 0.6 is 11.6 Å². The van der Waals surface area contributed by atoms with Crippen LogP contribution in [-0.4, -0.2) is 44.6 Å². The van der Waals surface area contributed by atoms with E-state index >= 15 is 0 Å². The van der Waals surface area contributed by atoms with Gasteiger partial charge in [0.25, 0.3) is 0 Å². The summed E-state index contributed by atoms with van der Waals surface area (Å²) in [6.07, 6.45) is 1.94. The van der Waals surface area contributed by atoms with Crippen molar-refractivity contribution in [3.8, 4) is 0 Å². The average molecular weight is 376 g/mol. The van der Waals surface area contributed by atoms with Gasteiger partial charge in [-0.25, -0.2) is 0 Å². The molecule has 138 valence electrons. The molecule has 3 rings (SSSR count). The molecule has 1 atom stereocenters. The lowest BCUT2D eigenvalue weighted by Gasteiger charge is -2.16. The molecule has 3 heterocycles. The molecule has 1 saturated heterocycles. The van der Waals surface area contributed by atoms with Gasteiger partial charge >= 0.3 is 0 Å². The minimum Gasteiger partial charge on any atom is -0.354 e. The van der Waals surface area contributed by atoms with Crippen molar-refractivity contribution in [1.82, 2.24) is 25.0 Å². The maximum Gasteiger partial charge on any atom is 0.225 e. The van der Waals surface area contributed by atoms with E-state index in [-0.39, 0.29) is 24.2 Å². The number of nitrogens with one attached hydrogen (secondary N) is 1. The van der Waals surface area contributed by atoms with E-state index in [4.69, 9.17) is 11.6 Å². The Morgan fingerprint density at radius 1 is 1.38 bits per heavy atom. The fourth-order valence-electron chi connectivity index (χ4n) is 3.11. The van der Waals surface area contributed by atoms with Gasteiger partial charge in [0, 0.05) is 25.7 Å². The van der Waals surface area contributed by atoms with E-state index in [0.717, 1.165) is 17.1 Å². The van der Waals surface area contributed by atoms with E-state index in [2.05, 4.69) is 15.4 Å². The highest BCUT2D eigenvalue weighted by atomic mass is 35.5. The van der Waals surface area contributed by atoms with Gasteiger partial charge in [-0.05, 0) is 26.0 Å². The van der Waals surface area contributed by atoms with Gasteiger partial charge in [-0.15, -0.1) is 0 Å². The van der Waals surface area contributed by atoms with Crippen molar-refractivity contribution in [3.63, 3.8) is 0 Å². The highest BCUT2D eigenvalue weighted by molar-refractivity contribution is 6.31. The number of pyridine rings is 1. The van der Waals surface area contributed by atoms with Crippen LogP contribution in [0.3, 0.4) is 0 Å². The number of carbonyl (C=O) groups is 2. The first-order valence-corrected chi connectivity index (χ1v) is 8.98. The Bertz CT molecular complexity index is 805. The van der Waals surface area contributed by atoms with Crippen LogP contribution in [0.2, 0.25) is 5.02 Å². The minimum absolute atomic E-state index is 0.0128. The Morgan fingerprint density at radius 2 is 2.19 bits per heavy atom. The van der Waals surface area contributed by atoms with Gasteiger partial charge in [0.2, 0.25) is 11.8 Å². The van der Waals surface area contributed by atoms with E-state index in [0.29, 0.717) is 31.2 Å². The first-order chi connectivity index (χ1) is 12.5. The molecule has 1 fully saturated rings. The predicted octanol–water partition coefficient (Wildman–Crippen LogP) is 1.71. The molecule has 0 radical (unpaired) electrons. The lowest BCUT2D eigenvalue weighted by atomic mass is 10.1. The molecule has 2 aromatic rings. The molecule has 26 heavy (non-hydrogen) atoms. The van der Waals surface area contributed by atoms with Crippen LogP contribution < -0.4 is 5.32 Å². The quantitative estimate of drug-likeness (QED) is 0.833. The first kappa shape index (κ1) is 18.4. The van der Waals surface area contributed by atoms with Gasteiger partial charge in [0.05, 0.1) is 41.1 Å². The lowest BCUT2D eigenvalue weighted by Crippen LogP contribution is -2.35. The van der Waals surface area contributed by atoms with E-state index in [1.165, 1.54) is 0 Å². The number of nitrogens with zero attached hydrogens (tertiary/aromatic N) is 4. The molecule has 0 aromatic carbocycles. The van der Waals surface area contributed by atoms with E-state index in [9.17, 15) is 9.59 Å². The summed E-state index contributed by atoms with van der Waals surface area (Å²) in [6, 6.07) is 5.60. The van der Waals surface area contributed by atoms with Gasteiger partial charge < -0.3 is 10.2 Å². The second-order valence-corrected chi connectivity index (χ2v) is 6.87. The van der Waals surface area contributed by atoms with Gasteiger partial charge in [0.1, 0.15) is 0 Å². The van der Waals surface area contributed by atoms with Crippen LogP contribution in [0.15, 0.2) is 24.4 Å². The standard InChI is InChI=1S/C18H22ClN5O2/c1-12-17(19)13(2)24(22-12)8-7-21-18(26)14-9-16(25)23(10-14)11-15-5-3-4-6-20-15/h3-6,14H,7-11H2,1-2H3,(H,21,26). The summed E-state index contributed by atoms with van der Waals surface area (Å²) in [5.74, 6) is -0.439. The van der Waals surface area contributed by atoms with Crippen molar-refractivity contribution < 1.29 is 9.59 Å². The molecular weight excluding hydrogens is 354 g/mol. The number of rotatable bonds is 6. The second kappa shape index (κ2) is 7.86. The van der Waals surface area contributed by atoms with Crippen LogP contribution in [0.25, 0.3) is 0 Å². The lowest BCUT2D eigenvalue weighted by molar-refractivity contribution is -0.129. The van der Waals surface area contributed by atoms with Crippen molar-refractivity contribution in [2.45, 2.75) is 33.4 Å². The number of halogens is 1. The summed E-state index contributed by atoms with van der Waals surface area (Å²) in [7, 11) is 0. The largest absolute Gasteiger partial charge is 0.354 e. The van der Waals surface area contributed by atoms with Gasteiger partial charge in [0.15, 0.2) is 0 Å². The van der Waals surface area contributed by atoms with E-state index in [1.54, 1.807) is 15.8 Å². The van der Waals surface area contributed by atoms with Crippen molar-refractivity contribution >= 4 is 23.4 Å². The van der Waals surface area contributed by atoms with Gasteiger partial charge in [-0.2, -0.15) is 5.10 Å². The number of likely N-dealkylation sites (tertiary alicyclic amines) is 1. The number of hydrogen-bond donors (Lipinski definition) is 1. The van der Waals surface area contributed by atoms with E-state index in [1.807, 2.05) is 32.0 Å². The van der Waals surface area contributed by atoms with Crippen LogP contribution in [-0.2, 0) is 22.7 Å². The third-order valence-electron chi connectivity index (χ3n) is 4.58. The summed E-state index contributed by atoms with van der Waals surface area (Å²) in [5, 5.41) is 7.89. The highest BCUT2D eigenvalue weighted by Gasteiger charge is 2.34. The summed E-state index contributed by atoms with van der Waals surface area (Å²) < 4.78 is 1.78. The number of hydrogen-bond acceptors (Lipinski definition) is 4. The summed E-state index contributed by atoms with van der Waals surface area (Å²) in [6.45, 7) is 5.60. The molecule has 1 aliphatic rings. The molecule has 8 heteroatoms. The number of amides is 2. The fourth-order valence-corrected chi connectivity index (χ4v) is 3.25. The minimum atomic E-state index is -0.324. The molecular formula is C18H22ClN5O2. The molecule has 2 amide bonds. The van der Waals surface area contributed by atoms with Crippen molar-refractivity contribution in [2.24, 2.45) is 5.92 Å². The Labute approximate surface area is 157 Å². The molecule has 0 aliphatic carbocycles. The maximum absolute atomic E-state index is 12.4. The molecule has 1 aliphatic heterocycles.